The summed E-state index contributed by atoms with van der Waals surface area (Å²) in [6, 6.07) is 1.13. The fraction of sp³-hybridized carbons (Fsp3) is 0.938. The zero-order chi connectivity index (χ0) is 13.9. The van der Waals surface area contributed by atoms with Crippen LogP contribution in [0.5, 0.6) is 0 Å². The first-order valence-electron chi connectivity index (χ1n) is 8.35. The van der Waals surface area contributed by atoms with Gasteiger partial charge in [-0.05, 0) is 57.1 Å². The molecule has 1 aliphatic heterocycles. The van der Waals surface area contributed by atoms with Crippen molar-refractivity contribution in [2.24, 2.45) is 5.92 Å². The number of carbonyl (C=O) groups is 1. The van der Waals surface area contributed by atoms with Gasteiger partial charge in [0.1, 0.15) is 0 Å². The molecule has 2 aliphatic carbocycles. The topological polar surface area (TPSA) is 41.1 Å². The summed E-state index contributed by atoms with van der Waals surface area (Å²) in [5, 5.41) is 7.71. The Morgan fingerprint density at radius 1 is 1.10 bits per heavy atom. The lowest BCUT2D eigenvalue weighted by atomic mass is 9.85. The van der Waals surface area contributed by atoms with Gasteiger partial charge in [-0.3, -0.25) is 4.79 Å². The highest BCUT2D eigenvalue weighted by Gasteiger charge is 2.38. The van der Waals surface area contributed by atoms with Gasteiger partial charge in [-0.1, -0.05) is 12.8 Å². The predicted octanol–water partition coefficient (Wildman–Crippen LogP) is 2.70. The van der Waals surface area contributed by atoms with Crippen molar-refractivity contribution in [2.75, 3.05) is 6.26 Å². The normalized spacial score (nSPS) is 41.1. The molecular formula is C16H28N2OS. The van der Waals surface area contributed by atoms with Crippen LogP contribution in [0.1, 0.15) is 57.8 Å². The van der Waals surface area contributed by atoms with Crippen molar-refractivity contribution in [2.45, 2.75) is 81.2 Å². The van der Waals surface area contributed by atoms with E-state index in [-0.39, 0.29) is 11.9 Å². The quantitative estimate of drug-likeness (QED) is 0.841. The Kier molecular flexibility index (Phi) is 4.92. The molecule has 3 fully saturated rings. The number of nitrogens with one attached hydrogen (secondary N) is 2. The maximum absolute atomic E-state index is 12.4. The molecule has 2 saturated carbocycles. The van der Waals surface area contributed by atoms with Gasteiger partial charge >= 0.3 is 0 Å². The molecule has 0 aromatic carbocycles. The van der Waals surface area contributed by atoms with E-state index in [0.717, 1.165) is 30.4 Å². The third-order valence-corrected chi connectivity index (χ3v) is 6.67. The minimum Gasteiger partial charge on any atom is -0.352 e. The number of amides is 1. The van der Waals surface area contributed by atoms with Crippen molar-refractivity contribution < 1.29 is 4.79 Å². The van der Waals surface area contributed by atoms with E-state index < -0.39 is 0 Å². The first kappa shape index (κ1) is 14.7. The SMILES string of the molecule is CSC1CCC(NC(=O)C2CC3CCCCC3N2)CC1. The van der Waals surface area contributed by atoms with E-state index >= 15 is 0 Å². The van der Waals surface area contributed by atoms with Crippen LogP contribution in [0, 0.1) is 5.92 Å². The lowest BCUT2D eigenvalue weighted by Crippen LogP contribution is -2.47. The van der Waals surface area contributed by atoms with Gasteiger partial charge in [-0.15, -0.1) is 0 Å². The van der Waals surface area contributed by atoms with Gasteiger partial charge in [0.15, 0.2) is 0 Å². The molecule has 3 unspecified atom stereocenters. The Balaban J connectivity index is 1.45. The average molecular weight is 296 g/mol. The van der Waals surface area contributed by atoms with E-state index in [4.69, 9.17) is 0 Å². The van der Waals surface area contributed by atoms with Crippen LogP contribution in [0.15, 0.2) is 0 Å². The number of hydrogen-bond acceptors (Lipinski definition) is 3. The number of fused-ring (bicyclic) bond motifs is 1. The molecule has 0 aromatic heterocycles. The zero-order valence-electron chi connectivity index (χ0n) is 12.6. The van der Waals surface area contributed by atoms with Crippen molar-refractivity contribution in [3.63, 3.8) is 0 Å². The molecule has 20 heavy (non-hydrogen) atoms. The first-order chi connectivity index (χ1) is 9.76. The molecule has 4 heteroatoms. The number of carbonyl (C=O) groups excluding carboxylic acids is 1. The second-order valence-electron chi connectivity index (χ2n) is 6.82. The van der Waals surface area contributed by atoms with Crippen LogP contribution < -0.4 is 10.6 Å². The average Bonchev–Trinajstić information content (AvgIpc) is 2.92. The summed E-state index contributed by atoms with van der Waals surface area (Å²) in [6.07, 6.45) is 13.4. The van der Waals surface area contributed by atoms with E-state index in [2.05, 4.69) is 16.9 Å². The Morgan fingerprint density at radius 3 is 2.55 bits per heavy atom. The van der Waals surface area contributed by atoms with Gasteiger partial charge in [0.25, 0.3) is 0 Å². The summed E-state index contributed by atoms with van der Waals surface area (Å²) in [5.74, 6) is 1.03. The molecule has 0 aromatic rings. The molecule has 0 bridgehead atoms. The van der Waals surface area contributed by atoms with Gasteiger partial charge in [0.05, 0.1) is 6.04 Å². The van der Waals surface area contributed by atoms with Crippen molar-refractivity contribution in [1.82, 2.24) is 10.6 Å². The Bertz CT molecular complexity index is 327. The van der Waals surface area contributed by atoms with Crippen molar-refractivity contribution in [3.05, 3.63) is 0 Å². The molecule has 2 N–H and O–H groups in total. The summed E-state index contributed by atoms with van der Waals surface area (Å²) in [7, 11) is 0. The Morgan fingerprint density at radius 2 is 1.85 bits per heavy atom. The maximum Gasteiger partial charge on any atom is 0.237 e. The molecule has 3 atom stereocenters. The second-order valence-corrected chi connectivity index (χ2v) is 7.96. The number of thioether (sulfide) groups is 1. The van der Waals surface area contributed by atoms with Crippen LogP contribution in [0.4, 0.5) is 0 Å². The molecule has 114 valence electrons. The van der Waals surface area contributed by atoms with E-state index in [0.29, 0.717) is 12.1 Å². The molecule has 1 heterocycles. The zero-order valence-corrected chi connectivity index (χ0v) is 13.4. The molecule has 3 aliphatic rings. The van der Waals surface area contributed by atoms with Crippen molar-refractivity contribution in [1.29, 1.82) is 0 Å². The van der Waals surface area contributed by atoms with Crippen LogP contribution >= 0.6 is 11.8 Å². The highest BCUT2D eigenvalue weighted by atomic mass is 32.2. The summed E-state index contributed by atoms with van der Waals surface area (Å²) in [4.78, 5) is 12.4. The van der Waals surface area contributed by atoms with Crippen LogP contribution in [0.2, 0.25) is 0 Å². The number of rotatable bonds is 3. The van der Waals surface area contributed by atoms with Gasteiger partial charge in [-0.25, -0.2) is 0 Å². The predicted molar refractivity (Wildman–Crippen MR) is 85.0 cm³/mol. The van der Waals surface area contributed by atoms with Gasteiger partial charge in [0, 0.05) is 17.3 Å². The lowest BCUT2D eigenvalue weighted by molar-refractivity contribution is -0.123. The summed E-state index contributed by atoms with van der Waals surface area (Å²) in [5.41, 5.74) is 0. The summed E-state index contributed by atoms with van der Waals surface area (Å²) < 4.78 is 0. The van der Waals surface area contributed by atoms with E-state index in [1.165, 1.54) is 38.5 Å². The fourth-order valence-electron chi connectivity index (χ4n) is 4.27. The minimum absolute atomic E-state index is 0.0846. The summed E-state index contributed by atoms with van der Waals surface area (Å²) >= 11 is 1.98. The second kappa shape index (κ2) is 6.69. The highest BCUT2D eigenvalue weighted by Crippen LogP contribution is 2.33. The number of hydrogen-bond donors (Lipinski definition) is 2. The van der Waals surface area contributed by atoms with Crippen LogP contribution in [-0.2, 0) is 4.79 Å². The highest BCUT2D eigenvalue weighted by molar-refractivity contribution is 7.99. The van der Waals surface area contributed by atoms with Crippen LogP contribution in [-0.4, -0.2) is 35.5 Å². The minimum atomic E-state index is 0.0846. The third kappa shape index (κ3) is 3.33. The standard InChI is InChI=1S/C16H28N2OS/c1-20-13-8-6-12(7-9-13)17-16(19)15-10-11-4-2-3-5-14(11)18-15/h11-15,18H,2-10H2,1H3,(H,17,19). The van der Waals surface area contributed by atoms with E-state index in [1.54, 1.807) is 0 Å². The molecular weight excluding hydrogens is 268 g/mol. The Hall–Kier alpha value is -0.220. The molecule has 3 nitrogen and oxygen atoms in total. The monoisotopic (exact) mass is 296 g/mol. The first-order valence-corrected chi connectivity index (χ1v) is 9.64. The molecule has 1 saturated heterocycles. The van der Waals surface area contributed by atoms with E-state index in [9.17, 15) is 4.79 Å². The lowest BCUT2D eigenvalue weighted by Gasteiger charge is -2.29. The van der Waals surface area contributed by atoms with Crippen molar-refractivity contribution in [3.8, 4) is 0 Å². The molecule has 3 rings (SSSR count). The Labute approximate surface area is 127 Å². The smallest absolute Gasteiger partial charge is 0.237 e. The van der Waals surface area contributed by atoms with Crippen molar-refractivity contribution >= 4 is 17.7 Å². The third-order valence-electron chi connectivity index (χ3n) is 5.53. The van der Waals surface area contributed by atoms with Gasteiger partial charge < -0.3 is 10.6 Å². The van der Waals surface area contributed by atoms with Crippen LogP contribution in [0.3, 0.4) is 0 Å². The summed E-state index contributed by atoms with van der Waals surface area (Å²) in [6.45, 7) is 0. The van der Waals surface area contributed by atoms with Gasteiger partial charge in [0.2, 0.25) is 5.91 Å². The molecule has 0 spiro atoms. The largest absolute Gasteiger partial charge is 0.352 e. The van der Waals surface area contributed by atoms with Gasteiger partial charge in [-0.2, -0.15) is 11.8 Å². The molecule has 1 amide bonds. The molecule has 0 radical (unpaired) electrons. The van der Waals surface area contributed by atoms with E-state index in [1.807, 2.05) is 11.8 Å². The fourth-order valence-corrected chi connectivity index (χ4v) is 5.01. The van der Waals surface area contributed by atoms with Crippen LogP contribution in [0.25, 0.3) is 0 Å². The maximum atomic E-state index is 12.4.